The van der Waals surface area contributed by atoms with Crippen molar-refractivity contribution >= 4 is 11.8 Å². The highest BCUT2D eigenvalue weighted by Gasteiger charge is 2.25. The molecule has 160 valence electrons. The van der Waals surface area contributed by atoms with Gasteiger partial charge in [0, 0.05) is 37.2 Å². The first-order chi connectivity index (χ1) is 15.1. The molecule has 1 aliphatic heterocycles. The van der Waals surface area contributed by atoms with Crippen LogP contribution in [0.1, 0.15) is 45.3 Å². The fourth-order valence-electron chi connectivity index (χ4n) is 3.51. The number of hydrogen-bond acceptors (Lipinski definition) is 6. The predicted molar refractivity (Wildman–Crippen MR) is 113 cm³/mol. The summed E-state index contributed by atoms with van der Waals surface area (Å²) >= 11 is 0. The van der Waals surface area contributed by atoms with E-state index in [2.05, 4.69) is 15.5 Å². The summed E-state index contributed by atoms with van der Waals surface area (Å²) in [7, 11) is 0. The molecule has 2 heterocycles. The van der Waals surface area contributed by atoms with Gasteiger partial charge in [-0.15, -0.1) is 0 Å². The van der Waals surface area contributed by atoms with Crippen LogP contribution in [0.2, 0.25) is 0 Å². The van der Waals surface area contributed by atoms with E-state index in [9.17, 15) is 9.59 Å². The van der Waals surface area contributed by atoms with Crippen molar-refractivity contribution in [3.63, 3.8) is 0 Å². The number of carbonyl (C=O) groups is 2. The second kappa shape index (κ2) is 9.42. The second-order valence-electron chi connectivity index (χ2n) is 7.45. The Balaban J connectivity index is 1.26. The first-order valence-electron chi connectivity index (χ1n) is 10.3. The van der Waals surface area contributed by atoms with Crippen molar-refractivity contribution in [2.75, 3.05) is 13.1 Å². The van der Waals surface area contributed by atoms with Gasteiger partial charge in [-0.25, -0.2) is 0 Å². The summed E-state index contributed by atoms with van der Waals surface area (Å²) < 4.78 is 10.5. The van der Waals surface area contributed by atoms with E-state index in [0.717, 1.165) is 12.8 Å². The molecule has 1 aliphatic rings. The van der Waals surface area contributed by atoms with E-state index in [1.165, 1.54) is 0 Å². The molecule has 1 N–H and O–H groups in total. The molecule has 2 aromatic carbocycles. The van der Waals surface area contributed by atoms with E-state index in [4.69, 9.17) is 9.26 Å². The Morgan fingerprint density at radius 1 is 1.06 bits per heavy atom. The van der Waals surface area contributed by atoms with Crippen molar-refractivity contribution in [1.82, 2.24) is 20.4 Å². The van der Waals surface area contributed by atoms with Crippen LogP contribution in [0, 0.1) is 6.92 Å². The molecule has 2 amide bonds. The molecular formula is C23H24N4O4. The maximum atomic E-state index is 12.8. The van der Waals surface area contributed by atoms with Crippen molar-refractivity contribution in [2.24, 2.45) is 0 Å². The Morgan fingerprint density at radius 2 is 1.77 bits per heavy atom. The van der Waals surface area contributed by atoms with E-state index < -0.39 is 0 Å². The van der Waals surface area contributed by atoms with Crippen LogP contribution < -0.4 is 10.1 Å². The zero-order chi connectivity index (χ0) is 21.6. The van der Waals surface area contributed by atoms with Gasteiger partial charge in [0.1, 0.15) is 5.75 Å². The molecule has 0 aliphatic carbocycles. The van der Waals surface area contributed by atoms with E-state index in [-0.39, 0.29) is 24.5 Å². The first-order valence-corrected chi connectivity index (χ1v) is 10.3. The van der Waals surface area contributed by atoms with Crippen LogP contribution >= 0.6 is 0 Å². The highest BCUT2D eigenvalue weighted by molar-refractivity contribution is 5.95. The van der Waals surface area contributed by atoms with Gasteiger partial charge in [-0.1, -0.05) is 23.4 Å². The SMILES string of the molecule is Cc1nc(COc2ccc(C(=O)N3CCC(NC(=O)c4ccccc4)CC3)cc2)no1. The second-order valence-corrected chi connectivity index (χ2v) is 7.45. The largest absolute Gasteiger partial charge is 0.485 e. The minimum Gasteiger partial charge on any atom is -0.485 e. The van der Waals surface area contributed by atoms with Gasteiger partial charge in [0.15, 0.2) is 6.61 Å². The highest BCUT2D eigenvalue weighted by atomic mass is 16.5. The summed E-state index contributed by atoms with van der Waals surface area (Å²) in [6, 6.07) is 16.3. The monoisotopic (exact) mass is 420 g/mol. The van der Waals surface area contributed by atoms with Gasteiger partial charge in [0.2, 0.25) is 11.7 Å². The third kappa shape index (κ3) is 5.28. The number of nitrogens with zero attached hydrogens (tertiary/aromatic N) is 3. The standard InChI is InChI=1S/C23H24N4O4/c1-16-24-21(26-31-16)15-30-20-9-7-18(8-10-20)23(29)27-13-11-19(12-14-27)25-22(28)17-5-3-2-4-6-17/h2-10,19H,11-15H2,1H3,(H,25,28). The van der Waals surface area contributed by atoms with Gasteiger partial charge in [-0.3, -0.25) is 9.59 Å². The number of aryl methyl sites for hydroxylation is 1. The summed E-state index contributed by atoms with van der Waals surface area (Å²) in [4.78, 5) is 31.0. The minimum atomic E-state index is -0.0723. The number of rotatable bonds is 6. The number of benzene rings is 2. The van der Waals surface area contributed by atoms with E-state index in [1.54, 1.807) is 43.3 Å². The predicted octanol–water partition coefficient (Wildman–Crippen LogP) is 2.99. The molecule has 1 aromatic heterocycles. The Morgan fingerprint density at radius 3 is 2.42 bits per heavy atom. The van der Waals surface area contributed by atoms with Crippen LogP contribution in [0.3, 0.4) is 0 Å². The quantitative estimate of drug-likeness (QED) is 0.658. The number of hydrogen-bond donors (Lipinski definition) is 1. The summed E-state index contributed by atoms with van der Waals surface area (Å²) in [6.45, 7) is 3.13. The number of carbonyl (C=O) groups excluding carboxylic acids is 2. The molecule has 3 aromatic rings. The molecule has 4 rings (SSSR count). The molecule has 0 saturated carbocycles. The lowest BCUT2D eigenvalue weighted by Gasteiger charge is -2.32. The van der Waals surface area contributed by atoms with Gasteiger partial charge in [-0.05, 0) is 49.2 Å². The topological polar surface area (TPSA) is 97.6 Å². The Kier molecular flexibility index (Phi) is 6.26. The van der Waals surface area contributed by atoms with Gasteiger partial charge < -0.3 is 19.5 Å². The molecule has 0 unspecified atom stereocenters. The maximum absolute atomic E-state index is 12.8. The molecule has 1 saturated heterocycles. The first kappa shape index (κ1) is 20.6. The molecule has 1 fully saturated rings. The van der Waals surface area contributed by atoms with Crippen molar-refractivity contribution in [3.8, 4) is 5.75 Å². The van der Waals surface area contributed by atoms with Crippen molar-refractivity contribution in [2.45, 2.75) is 32.4 Å². The molecule has 0 radical (unpaired) electrons. The summed E-state index contributed by atoms with van der Waals surface area (Å²) in [6.07, 6.45) is 1.46. The normalized spacial score (nSPS) is 14.3. The van der Waals surface area contributed by atoms with Crippen molar-refractivity contribution in [3.05, 3.63) is 77.4 Å². The number of ether oxygens (including phenoxy) is 1. The average molecular weight is 420 g/mol. The Bertz CT molecular complexity index is 1030. The zero-order valence-electron chi connectivity index (χ0n) is 17.3. The van der Waals surface area contributed by atoms with Crippen LogP contribution in [0.15, 0.2) is 59.1 Å². The number of amides is 2. The highest BCUT2D eigenvalue weighted by Crippen LogP contribution is 2.18. The summed E-state index contributed by atoms with van der Waals surface area (Å²) in [5.74, 6) is 1.49. The molecule has 8 nitrogen and oxygen atoms in total. The lowest BCUT2D eigenvalue weighted by atomic mass is 10.0. The number of aromatic nitrogens is 2. The fraction of sp³-hybridized carbons (Fsp3) is 0.304. The Labute approximate surface area is 180 Å². The molecule has 0 spiro atoms. The maximum Gasteiger partial charge on any atom is 0.253 e. The molecule has 8 heteroatoms. The van der Waals surface area contributed by atoms with Crippen LogP contribution in [0.25, 0.3) is 0 Å². The van der Waals surface area contributed by atoms with E-state index >= 15 is 0 Å². The third-order valence-corrected chi connectivity index (χ3v) is 5.19. The number of piperidine rings is 1. The van der Waals surface area contributed by atoms with E-state index in [1.807, 2.05) is 23.1 Å². The van der Waals surface area contributed by atoms with Crippen LogP contribution in [0.5, 0.6) is 5.75 Å². The number of likely N-dealkylation sites (tertiary alicyclic amines) is 1. The van der Waals surface area contributed by atoms with Crippen LogP contribution in [-0.4, -0.2) is 46.0 Å². The molecule has 31 heavy (non-hydrogen) atoms. The molecular weight excluding hydrogens is 396 g/mol. The van der Waals surface area contributed by atoms with Gasteiger partial charge in [0.25, 0.3) is 11.8 Å². The fourth-order valence-corrected chi connectivity index (χ4v) is 3.51. The van der Waals surface area contributed by atoms with Gasteiger partial charge in [-0.2, -0.15) is 4.98 Å². The molecule has 0 atom stereocenters. The third-order valence-electron chi connectivity index (χ3n) is 5.19. The van der Waals surface area contributed by atoms with Gasteiger partial charge in [0.05, 0.1) is 0 Å². The average Bonchev–Trinajstić information content (AvgIpc) is 3.24. The van der Waals surface area contributed by atoms with Gasteiger partial charge >= 0.3 is 0 Å². The molecule has 0 bridgehead atoms. The smallest absolute Gasteiger partial charge is 0.253 e. The van der Waals surface area contributed by atoms with Crippen molar-refractivity contribution < 1.29 is 18.8 Å². The Hall–Kier alpha value is -3.68. The van der Waals surface area contributed by atoms with Crippen LogP contribution in [0.4, 0.5) is 0 Å². The summed E-state index contributed by atoms with van der Waals surface area (Å²) in [5.41, 5.74) is 1.26. The van der Waals surface area contributed by atoms with E-state index in [0.29, 0.717) is 41.7 Å². The van der Waals surface area contributed by atoms with Crippen LogP contribution in [-0.2, 0) is 6.61 Å². The lowest BCUT2D eigenvalue weighted by Crippen LogP contribution is -2.46. The number of nitrogens with one attached hydrogen (secondary N) is 1. The zero-order valence-corrected chi connectivity index (χ0v) is 17.3. The van der Waals surface area contributed by atoms with Crippen molar-refractivity contribution in [1.29, 1.82) is 0 Å². The summed E-state index contributed by atoms with van der Waals surface area (Å²) in [5, 5.41) is 6.84. The minimum absolute atomic E-state index is 0.0202. The lowest BCUT2D eigenvalue weighted by molar-refractivity contribution is 0.0698.